The van der Waals surface area contributed by atoms with Gasteiger partial charge in [-0.05, 0) is 25.0 Å². The summed E-state index contributed by atoms with van der Waals surface area (Å²) >= 11 is 3.25. The van der Waals surface area contributed by atoms with Crippen LogP contribution in [0.25, 0.3) is 0 Å². The lowest BCUT2D eigenvalue weighted by Crippen LogP contribution is -2.06. The second-order valence-electron chi connectivity index (χ2n) is 3.62. The van der Waals surface area contributed by atoms with Crippen molar-refractivity contribution in [3.05, 3.63) is 34.1 Å². The van der Waals surface area contributed by atoms with Gasteiger partial charge in [0.25, 0.3) is 0 Å². The third-order valence-electron chi connectivity index (χ3n) is 2.45. The minimum atomic E-state index is -0.298. The van der Waals surface area contributed by atoms with Crippen molar-refractivity contribution in [2.45, 2.75) is 19.3 Å². The normalized spacial score (nSPS) is 15.6. The number of carbonyl (C=O) groups excluding carboxylic acids is 1. The molecule has 0 N–H and O–H groups in total. The highest BCUT2D eigenvalue weighted by Crippen LogP contribution is 2.32. The van der Waals surface area contributed by atoms with Gasteiger partial charge in [-0.2, -0.15) is 0 Å². The van der Waals surface area contributed by atoms with E-state index < -0.39 is 0 Å². The Bertz CT molecular complexity index is 351. The maximum absolute atomic E-state index is 13.3. The van der Waals surface area contributed by atoms with E-state index >= 15 is 0 Å². The summed E-state index contributed by atoms with van der Waals surface area (Å²) in [5.74, 6) is 0.0608. The van der Waals surface area contributed by atoms with E-state index in [0.717, 1.165) is 12.8 Å². The zero-order chi connectivity index (χ0) is 10.1. The molecule has 74 valence electrons. The SMILES string of the molecule is O=C(Cc1c(F)cccc1Br)C1CC1. The summed E-state index contributed by atoms with van der Waals surface area (Å²) in [6.07, 6.45) is 2.17. The fourth-order valence-corrected chi connectivity index (χ4v) is 1.91. The second-order valence-corrected chi connectivity index (χ2v) is 4.47. The molecule has 1 aliphatic rings. The van der Waals surface area contributed by atoms with Crippen molar-refractivity contribution in [3.63, 3.8) is 0 Å². The lowest BCUT2D eigenvalue weighted by atomic mass is 10.1. The van der Waals surface area contributed by atoms with Crippen LogP contribution in [0.1, 0.15) is 18.4 Å². The molecule has 1 fully saturated rings. The molecule has 0 heterocycles. The monoisotopic (exact) mass is 256 g/mol. The van der Waals surface area contributed by atoms with Gasteiger partial charge in [0.05, 0.1) is 0 Å². The molecule has 0 radical (unpaired) electrons. The van der Waals surface area contributed by atoms with Crippen molar-refractivity contribution in [2.75, 3.05) is 0 Å². The Morgan fingerprint density at radius 1 is 1.50 bits per heavy atom. The molecule has 1 saturated carbocycles. The number of carbonyl (C=O) groups is 1. The minimum Gasteiger partial charge on any atom is -0.299 e. The minimum absolute atomic E-state index is 0.163. The maximum atomic E-state index is 13.3. The van der Waals surface area contributed by atoms with E-state index in [9.17, 15) is 9.18 Å². The smallest absolute Gasteiger partial charge is 0.140 e. The van der Waals surface area contributed by atoms with E-state index in [4.69, 9.17) is 0 Å². The average Bonchev–Trinajstić information content (AvgIpc) is 2.94. The Balaban J connectivity index is 2.18. The lowest BCUT2D eigenvalue weighted by molar-refractivity contribution is -0.119. The van der Waals surface area contributed by atoms with Gasteiger partial charge in [0.2, 0.25) is 0 Å². The molecule has 1 aromatic rings. The number of halogens is 2. The molecule has 0 aliphatic heterocycles. The van der Waals surface area contributed by atoms with E-state index in [0.29, 0.717) is 10.0 Å². The first-order chi connectivity index (χ1) is 6.68. The van der Waals surface area contributed by atoms with Gasteiger partial charge < -0.3 is 0 Å². The quantitative estimate of drug-likeness (QED) is 0.813. The van der Waals surface area contributed by atoms with E-state index in [1.54, 1.807) is 12.1 Å². The standard InChI is InChI=1S/C11H10BrFO/c12-9-2-1-3-10(13)8(9)6-11(14)7-4-5-7/h1-3,7H,4-6H2. The van der Waals surface area contributed by atoms with Gasteiger partial charge in [0, 0.05) is 22.4 Å². The van der Waals surface area contributed by atoms with Gasteiger partial charge in [-0.25, -0.2) is 4.39 Å². The van der Waals surface area contributed by atoms with E-state index in [-0.39, 0.29) is 23.9 Å². The van der Waals surface area contributed by atoms with Crippen LogP contribution >= 0.6 is 15.9 Å². The molecule has 0 aromatic heterocycles. The zero-order valence-electron chi connectivity index (χ0n) is 7.59. The maximum Gasteiger partial charge on any atom is 0.140 e. The molecule has 0 atom stereocenters. The van der Waals surface area contributed by atoms with Crippen LogP contribution in [0.5, 0.6) is 0 Å². The Labute approximate surface area is 90.4 Å². The summed E-state index contributed by atoms with van der Waals surface area (Å²) in [6.45, 7) is 0. The van der Waals surface area contributed by atoms with Gasteiger partial charge in [0.1, 0.15) is 11.6 Å². The van der Waals surface area contributed by atoms with Crippen molar-refractivity contribution in [2.24, 2.45) is 5.92 Å². The van der Waals surface area contributed by atoms with Crippen molar-refractivity contribution in [1.29, 1.82) is 0 Å². The van der Waals surface area contributed by atoms with Crippen LogP contribution in [0.2, 0.25) is 0 Å². The van der Waals surface area contributed by atoms with Gasteiger partial charge in [-0.15, -0.1) is 0 Å². The summed E-state index contributed by atoms with van der Waals surface area (Å²) in [7, 11) is 0. The predicted molar refractivity (Wildman–Crippen MR) is 55.5 cm³/mol. The third-order valence-corrected chi connectivity index (χ3v) is 3.19. The number of ketones is 1. The molecular weight excluding hydrogens is 247 g/mol. The molecule has 0 amide bonds. The molecule has 0 spiro atoms. The van der Waals surface area contributed by atoms with Crippen LogP contribution in [0, 0.1) is 11.7 Å². The van der Waals surface area contributed by atoms with E-state index in [1.165, 1.54) is 6.07 Å². The first kappa shape index (κ1) is 9.84. The van der Waals surface area contributed by atoms with Crippen LogP contribution < -0.4 is 0 Å². The van der Waals surface area contributed by atoms with Crippen LogP contribution in [0.4, 0.5) is 4.39 Å². The first-order valence-corrected chi connectivity index (χ1v) is 5.43. The van der Waals surface area contributed by atoms with Crippen LogP contribution in [0.15, 0.2) is 22.7 Å². The molecule has 0 bridgehead atoms. The Hall–Kier alpha value is -0.700. The molecule has 3 heteroatoms. The van der Waals surface area contributed by atoms with Gasteiger partial charge >= 0.3 is 0 Å². The highest BCUT2D eigenvalue weighted by Gasteiger charge is 2.30. The van der Waals surface area contributed by atoms with Gasteiger partial charge in [-0.3, -0.25) is 4.79 Å². The summed E-state index contributed by atoms with van der Waals surface area (Å²) in [4.78, 5) is 11.5. The zero-order valence-corrected chi connectivity index (χ0v) is 9.18. The molecule has 1 aromatic carbocycles. The van der Waals surface area contributed by atoms with Crippen LogP contribution in [-0.4, -0.2) is 5.78 Å². The fraction of sp³-hybridized carbons (Fsp3) is 0.364. The number of hydrogen-bond donors (Lipinski definition) is 0. The highest BCUT2D eigenvalue weighted by molar-refractivity contribution is 9.10. The average molecular weight is 257 g/mol. The molecule has 0 saturated heterocycles. The van der Waals surface area contributed by atoms with Crippen molar-refractivity contribution < 1.29 is 9.18 Å². The predicted octanol–water partition coefficient (Wildman–Crippen LogP) is 3.11. The second kappa shape index (κ2) is 3.81. The molecular formula is C11H10BrFO. The number of Topliss-reactive ketones (excluding diaryl/α,β-unsaturated/α-hetero) is 1. The van der Waals surface area contributed by atoms with Crippen molar-refractivity contribution in [3.8, 4) is 0 Å². The molecule has 2 rings (SSSR count). The van der Waals surface area contributed by atoms with Gasteiger partial charge in [-0.1, -0.05) is 22.0 Å². The fourth-order valence-electron chi connectivity index (χ4n) is 1.43. The van der Waals surface area contributed by atoms with Gasteiger partial charge in [0.15, 0.2) is 0 Å². The summed E-state index contributed by atoms with van der Waals surface area (Å²) in [5.41, 5.74) is 0.490. The molecule has 1 nitrogen and oxygen atoms in total. The summed E-state index contributed by atoms with van der Waals surface area (Å²) < 4.78 is 14.0. The highest BCUT2D eigenvalue weighted by atomic mass is 79.9. The largest absolute Gasteiger partial charge is 0.299 e. The Kier molecular flexibility index (Phi) is 2.68. The van der Waals surface area contributed by atoms with Crippen molar-refractivity contribution in [1.82, 2.24) is 0 Å². The van der Waals surface area contributed by atoms with Crippen molar-refractivity contribution >= 4 is 21.7 Å². The number of benzene rings is 1. The molecule has 1 aliphatic carbocycles. The lowest BCUT2D eigenvalue weighted by Gasteiger charge is -2.04. The third kappa shape index (κ3) is 2.03. The van der Waals surface area contributed by atoms with Crippen LogP contribution in [-0.2, 0) is 11.2 Å². The number of rotatable bonds is 3. The van der Waals surface area contributed by atoms with E-state index in [1.807, 2.05) is 0 Å². The Morgan fingerprint density at radius 2 is 2.21 bits per heavy atom. The summed E-state index contributed by atoms with van der Waals surface area (Å²) in [5, 5.41) is 0. The van der Waals surface area contributed by atoms with Crippen LogP contribution in [0.3, 0.4) is 0 Å². The molecule has 0 unspecified atom stereocenters. The topological polar surface area (TPSA) is 17.1 Å². The first-order valence-electron chi connectivity index (χ1n) is 4.64. The number of hydrogen-bond acceptors (Lipinski definition) is 1. The Morgan fingerprint density at radius 3 is 2.79 bits per heavy atom. The molecule has 14 heavy (non-hydrogen) atoms. The summed E-state index contributed by atoms with van der Waals surface area (Å²) in [6, 6.07) is 4.78. The van der Waals surface area contributed by atoms with E-state index in [2.05, 4.69) is 15.9 Å².